The van der Waals surface area contributed by atoms with Gasteiger partial charge in [-0.15, -0.1) is 0 Å². The lowest BCUT2D eigenvalue weighted by Crippen LogP contribution is -2.43. The molecular weight excluding hydrogens is 421 g/mol. The molecule has 0 saturated heterocycles. The Balaban J connectivity index is 1.63. The number of primary amides is 1. The summed E-state index contributed by atoms with van der Waals surface area (Å²) in [5.41, 5.74) is 14.3. The van der Waals surface area contributed by atoms with E-state index < -0.39 is 11.7 Å². The smallest absolute Gasteiger partial charge is 0.252 e. The van der Waals surface area contributed by atoms with Crippen molar-refractivity contribution in [1.29, 1.82) is 5.26 Å². The molecule has 0 aliphatic heterocycles. The van der Waals surface area contributed by atoms with Crippen LogP contribution in [0.25, 0.3) is 11.1 Å². The van der Waals surface area contributed by atoms with Gasteiger partial charge in [0.05, 0.1) is 29.1 Å². The molecule has 1 aromatic carbocycles. The van der Waals surface area contributed by atoms with E-state index >= 15 is 0 Å². The Morgan fingerprint density at radius 2 is 1.85 bits per heavy atom. The van der Waals surface area contributed by atoms with Crippen LogP contribution in [0.4, 0.5) is 21.7 Å². The Hall–Kier alpha value is -4.03. The van der Waals surface area contributed by atoms with Crippen molar-refractivity contribution in [2.24, 2.45) is 11.5 Å². The quantitative estimate of drug-likeness (QED) is 0.453. The summed E-state index contributed by atoms with van der Waals surface area (Å²) < 4.78 is 14.7. The van der Waals surface area contributed by atoms with E-state index in [1.54, 1.807) is 24.5 Å². The minimum Gasteiger partial charge on any atom is -0.365 e. The number of hydrogen-bond acceptors (Lipinski definition) is 7. The maximum Gasteiger partial charge on any atom is 0.252 e. The summed E-state index contributed by atoms with van der Waals surface area (Å²) in [6.07, 6.45) is 6.97. The first-order chi connectivity index (χ1) is 15.9. The number of amides is 1. The summed E-state index contributed by atoms with van der Waals surface area (Å²) in [5.74, 6) is -1.34. The summed E-state index contributed by atoms with van der Waals surface area (Å²) in [7, 11) is 0. The lowest BCUT2D eigenvalue weighted by atomic mass is 9.91. The molecule has 2 atom stereocenters. The molecular formula is C24H24FN7O. The van der Waals surface area contributed by atoms with Crippen molar-refractivity contribution in [3.05, 3.63) is 65.7 Å². The van der Waals surface area contributed by atoms with Gasteiger partial charge in [-0.25, -0.2) is 9.37 Å². The first-order valence-electron chi connectivity index (χ1n) is 10.7. The van der Waals surface area contributed by atoms with Crippen LogP contribution in [0.2, 0.25) is 0 Å². The van der Waals surface area contributed by atoms with Gasteiger partial charge in [0.25, 0.3) is 5.91 Å². The van der Waals surface area contributed by atoms with Crippen LogP contribution in [0.1, 0.15) is 41.6 Å². The van der Waals surface area contributed by atoms with E-state index in [0.717, 1.165) is 42.9 Å². The van der Waals surface area contributed by atoms with Crippen LogP contribution in [0.15, 0.2) is 48.8 Å². The number of anilines is 3. The van der Waals surface area contributed by atoms with Gasteiger partial charge in [-0.05, 0) is 42.7 Å². The van der Waals surface area contributed by atoms with E-state index in [1.165, 1.54) is 0 Å². The zero-order valence-corrected chi connectivity index (χ0v) is 17.9. The summed E-state index contributed by atoms with van der Waals surface area (Å²) in [5, 5.41) is 15.1. The molecule has 6 N–H and O–H groups in total. The molecule has 1 aliphatic carbocycles. The summed E-state index contributed by atoms with van der Waals surface area (Å²) >= 11 is 0. The molecule has 9 heteroatoms. The van der Waals surface area contributed by atoms with Crippen molar-refractivity contribution in [3.63, 3.8) is 0 Å². The third-order valence-electron chi connectivity index (χ3n) is 5.73. The lowest BCUT2D eigenvalue weighted by Gasteiger charge is -2.30. The van der Waals surface area contributed by atoms with Crippen LogP contribution in [0.3, 0.4) is 0 Å². The molecule has 0 spiro atoms. The van der Waals surface area contributed by atoms with Crippen molar-refractivity contribution >= 4 is 23.2 Å². The molecule has 33 heavy (non-hydrogen) atoms. The monoisotopic (exact) mass is 445 g/mol. The number of pyridine rings is 2. The Morgan fingerprint density at radius 1 is 1.09 bits per heavy atom. The first kappa shape index (κ1) is 22.2. The highest BCUT2D eigenvalue weighted by atomic mass is 19.1. The Bertz CT molecular complexity index is 1210. The largest absolute Gasteiger partial charge is 0.365 e. The van der Waals surface area contributed by atoms with Gasteiger partial charge in [-0.2, -0.15) is 5.26 Å². The van der Waals surface area contributed by atoms with Crippen molar-refractivity contribution in [2.75, 3.05) is 10.6 Å². The van der Waals surface area contributed by atoms with Gasteiger partial charge >= 0.3 is 0 Å². The van der Waals surface area contributed by atoms with E-state index in [0.29, 0.717) is 11.3 Å². The van der Waals surface area contributed by atoms with Crippen LogP contribution in [-0.2, 0) is 0 Å². The summed E-state index contributed by atoms with van der Waals surface area (Å²) in [6.45, 7) is 0. The fourth-order valence-electron chi connectivity index (χ4n) is 3.93. The fraction of sp³-hybridized carbons (Fsp3) is 0.250. The highest BCUT2D eigenvalue weighted by Gasteiger charge is 2.24. The van der Waals surface area contributed by atoms with E-state index in [2.05, 4.69) is 26.7 Å². The average molecular weight is 446 g/mol. The number of halogens is 1. The van der Waals surface area contributed by atoms with E-state index in [1.807, 2.05) is 18.2 Å². The minimum absolute atomic E-state index is 0.0149. The molecule has 1 fully saturated rings. The van der Waals surface area contributed by atoms with Gasteiger partial charge in [0.15, 0.2) is 11.6 Å². The van der Waals surface area contributed by atoms with Crippen LogP contribution >= 0.6 is 0 Å². The predicted molar refractivity (Wildman–Crippen MR) is 124 cm³/mol. The number of nitriles is 1. The highest BCUT2D eigenvalue weighted by Crippen LogP contribution is 2.28. The molecule has 1 aliphatic rings. The number of hydrogen-bond donors (Lipinski definition) is 4. The molecule has 0 bridgehead atoms. The topological polar surface area (TPSA) is 143 Å². The van der Waals surface area contributed by atoms with Crippen LogP contribution in [0.5, 0.6) is 0 Å². The van der Waals surface area contributed by atoms with E-state index in [9.17, 15) is 9.18 Å². The normalized spacial score (nSPS) is 17.7. The molecule has 2 aromatic heterocycles. The summed E-state index contributed by atoms with van der Waals surface area (Å²) in [4.78, 5) is 20.5. The zero-order chi connectivity index (χ0) is 23.4. The van der Waals surface area contributed by atoms with Gasteiger partial charge in [-0.1, -0.05) is 25.0 Å². The molecule has 1 amide bonds. The number of nitrogens with zero attached hydrogens (tertiary/aromatic N) is 3. The van der Waals surface area contributed by atoms with Crippen LogP contribution in [-0.4, -0.2) is 28.0 Å². The molecule has 1 saturated carbocycles. The number of benzene rings is 1. The van der Waals surface area contributed by atoms with Crippen molar-refractivity contribution in [1.82, 2.24) is 9.97 Å². The molecule has 3 aromatic rings. The minimum atomic E-state index is -0.805. The van der Waals surface area contributed by atoms with Crippen LogP contribution < -0.4 is 22.1 Å². The van der Waals surface area contributed by atoms with Gasteiger partial charge < -0.3 is 22.1 Å². The standard InChI is InChI=1S/C24H24FN7O/c25-19-10-18(22(28)33)23(32-24(19)31-21-4-2-1-3-20(21)27)30-17-9-16(12-29-13-17)15-7-5-14(11-26)6-8-15/h5-10,12-13,20-21H,1-4,27H2,(H2,28,33)(H2,30,31,32). The number of nitrogens with two attached hydrogens (primary N) is 2. The Kier molecular flexibility index (Phi) is 6.47. The molecule has 2 heterocycles. The zero-order valence-electron chi connectivity index (χ0n) is 17.9. The fourth-order valence-corrected chi connectivity index (χ4v) is 3.93. The average Bonchev–Trinajstić information content (AvgIpc) is 2.82. The lowest BCUT2D eigenvalue weighted by molar-refractivity contribution is 0.100. The van der Waals surface area contributed by atoms with Gasteiger partial charge in [0, 0.05) is 23.8 Å². The maximum atomic E-state index is 14.7. The Labute approximate surface area is 190 Å². The number of rotatable bonds is 6. The van der Waals surface area contributed by atoms with Crippen molar-refractivity contribution in [2.45, 2.75) is 37.8 Å². The second-order valence-corrected chi connectivity index (χ2v) is 8.05. The summed E-state index contributed by atoms with van der Waals surface area (Å²) in [6, 6.07) is 11.8. The first-order valence-corrected chi connectivity index (χ1v) is 10.7. The number of aromatic nitrogens is 2. The molecule has 2 unspecified atom stereocenters. The van der Waals surface area contributed by atoms with E-state index in [4.69, 9.17) is 16.7 Å². The maximum absolute atomic E-state index is 14.7. The number of nitrogens with one attached hydrogen (secondary N) is 2. The predicted octanol–water partition coefficient (Wildman–Crippen LogP) is 3.68. The second-order valence-electron chi connectivity index (χ2n) is 8.05. The SMILES string of the molecule is N#Cc1ccc(-c2cncc(Nc3nc(NC4CCCCC4N)c(F)cc3C(N)=O)c2)cc1. The third-order valence-corrected chi connectivity index (χ3v) is 5.73. The van der Waals surface area contributed by atoms with E-state index in [-0.39, 0.29) is 29.3 Å². The van der Waals surface area contributed by atoms with Gasteiger partial charge in [-0.3, -0.25) is 9.78 Å². The van der Waals surface area contributed by atoms with Gasteiger partial charge in [0.2, 0.25) is 0 Å². The molecule has 8 nitrogen and oxygen atoms in total. The van der Waals surface area contributed by atoms with Crippen molar-refractivity contribution < 1.29 is 9.18 Å². The van der Waals surface area contributed by atoms with Crippen molar-refractivity contribution in [3.8, 4) is 17.2 Å². The number of carbonyl (C=O) groups is 1. The molecule has 168 valence electrons. The highest BCUT2D eigenvalue weighted by molar-refractivity contribution is 5.98. The Morgan fingerprint density at radius 3 is 2.55 bits per heavy atom. The van der Waals surface area contributed by atoms with Gasteiger partial charge in [0.1, 0.15) is 5.82 Å². The third kappa shape index (κ3) is 5.07. The second kappa shape index (κ2) is 9.63. The molecule has 4 rings (SSSR count). The van der Waals surface area contributed by atoms with Crippen LogP contribution in [0, 0.1) is 17.1 Å². The number of carbonyl (C=O) groups excluding carboxylic acids is 1. The molecule has 0 radical (unpaired) electrons.